The molecule has 0 saturated carbocycles. The van der Waals surface area contributed by atoms with E-state index in [2.05, 4.69) is 4.99 Å². The van der Waals surface area contributed by atoms with E-state index >= 15 is 0 Å². The molecule has 24 heavy (non-hydrogen) atoms. The summed E-state index contributed by atoms with van der Waals surface area (Å²) >= 11 is 0. The smallest absolute Gasteiger partial charge is 0.170 e. The van der Waals surface area contributed by atoms with Crippen LogP contribution < -0.4 is 9.47 Å². The molecule has 3 rings (SSSR count). The van der Waals surface area contributed by atoms with Crippen molar-refractivity contribution >= 4 is 11.9 Å². The third kappa shape index (κ3) is 4.02. The van der Waals surface area contributed by atoms with Crippen LogP contribution in [-0.2, 0) is 6.61 Å². The molecule has 3 aromatic carbocycles. The highest BCUT2D eigenvalue weighted by Crippen LogP contribution is 2.31. The molecule has 0 atom stereocenters. The van der Waals surface area contributed by atoms with Gasteiger partial charge in [-0.25, -0.2) is 0 Å². The molecule has 3 heteroatoms. The van der Waals surface area contributed by atoms with Crippen molar-refractivity contribution in [3.8, 4) is 11.5 Å². The summed E-state index contributed by atoms with van der Waals surface area (Å²) in [6, 6.07) is 25.7. The fourth-order valence-corrected chi connectivity index (χ4v) is 2.34. The number of ether oxygens (including phenoxy) is 2. The molecule has 0 aliphatic carbocycles. The normalized spacial score (nSPS) is 10.7. The van der Waals surface area contributed by atoms with Gasteiger partial charge in [0, 0.05) is 11.8 Å². The van der Waals surface area contributed by atoms with Gasteiger partial charge >= 0.3 is 0 Å². The van der Waals surface area contributed by atoms with Crippen LogP contribution in [0.25, 0.3) is 0 Å². The second-order valence-electron chi connectivity index (χ2n) is 5.25. The molecule has 0 bridgehead atoms. The van der Waals surface area contributed by atoms with E-state index < -0.39 is 0 Å². The fourth-order valence-electron chi connectivity index (χ4n) is 2.34. The number of hydrogen-bond donors (Lipinski definition) is 0. The topological polar surface area (TPSA) is 30.8 Å². The molecule has 0 aromatic heterocycles. The summed E-state index contributed by atoms with van der Waals surface area (Å²) in [5.74, 6) is 1.39. The number of nitrogens with zero attached hydrogens (tertiary/aromatic N) is 1. The minimum atomic E-state index is 0.480. The molecule has 0 amide bonds. The summed E-state index contributed by atoms with van der Waals surface area (Å²) in [5.41, 5.74) is 2.89. The van der Waals surface area contributed by atoms with Crippen molar-refractivity contribution in [3.05, 3.63) is 90.0 Å². The zero-order chi connectivity index (χ0) is 16.6. The van der Waals surface area contributed by atoms with E-state index in [0.717, 1.165) is 16.8 Å². The molecule has 120 valence electrons. The first-order chi connectivity index (χ1) is 11.9. The van der Waals surface area contributed by atoms with Crippen LogP contribution in [0.15, 0.2) is 83.9 Å². The largest absolute Gasteiger partial charge is 0.493 e. The van der Waals surface area contributed by atoms with Gasteiger partial charge in [-0.05, 0) is 29.8 Å². The number of para-hydroxylation sites is 2. The van der Waals surface area contributed by atoms with Crippen molar-refractivity contribution in [2.24, 2.45) is 4.99 Å². The van der Waals surface area contributed by atoms with Gasteiger partial charge in [0.25, 0.3) is 0 Å². The van der Waals surface area contributed by atoms with Gasteiger partial charge in [-0.3, -0.25) is 4.99 Å². The van der Waals surface area contributed by atoms with E-state index in [9.17, 15) is 0 Å². The van der Waals surface area contributed by atoms with Crippen LogP contribution >= 0.6 is 0 Å². The van der Waals surface area contributed by atoms with Crippen LogP contribution in [0.4, 0.5) is 5.69 Å². The van der Waals surface area contributed by atoms with E-state index in [-0.39, 0.29) is 0 Å². The van der Waals surface area contributed by atoms with Gasteiger partial charge in [0.05, 0.1) is 12.8 Å². The maximum absolute atomic E-state index is 6.02. The Balaban J connectivity index is 1.84. The summed E-state index contributed by atoms with van der Waals surface area (Å²) in [5, 5.41) is 0. The lowest BCUT2D eigenvalue weighted by molar-refractivity contribution is 0.284. The van der Waals surface area contributed by atoms with Crippen LogP contribution in [0.1, 0.15) is 11.1 Å². The highest BCUT2D eigenvalue weighted by molar-refractivity contribution is 5.86. The molecule has 0 heterocycles. The average molecular weight is 317 g/mol. The van der Waals surface area contributed by atoms with Crippen LogP contribution in [0.2, 0.25) is 0 Å². The monoisotopic (exact) mass is 317 g/mol. The Bertz CT molecular complexity index is 799. The van der Waals surface area contributed by atoms with E-state index in [1.165, 1.54) is 0 Å². The Hall–Kier alpha value is -3.07. The van der Waals surface area contributed by atoms with E-state index in [1.807, 2.05) is 78.9 Å². The van der Waals surface area contributed by atoms with Crippen molar-refractivity contribution < 1.29 is 9.47 Å². The Kier molecular flexibility index (Phi) is 5.25. The molecular formula is C21H19NO2. The zero-order valence-electron chi connectivity index (χ0n) is 13.6. The number of aliphatic imine (C=N–C) groups is 1. The molecule has 0 saturated heterocycles. The van der Waals surface area contributed by atoms with Gasteiger partial charge in [-0.1, -0.05) is 54.6 Å². The average Bonchev–Trinajstić information content (AvgIpc) is 2.66. The van der Waals surface area contributed by atoms with Crippen LogP contribution in [0.5, 0.6) is 11.5 Å². The standard InChI is InChI=1S/C21H19NO2/c1-23-20-14-8-11-18(15-22-19-12-6-3-7-13-19)21(20)24-16-17-9-4-2-5-10-17/h2-15H,16H2,1H3. The number of rotatable bonds is 6. The summed E-state index contributed by atoms with van der Waals surface area (Å²) in [6.07, 6.45) is 1.80. The number of hydrogen-bond acceptors (Lipinski definition) is 3. The van der Waals surface area contributed by atoms with Crippen molar-refractivity contribution in [2.75, 3.05) is 7.11 Å². The Morgan fingerprint density at radius 3 is 2.25 bits per heavy atom. The maximum Gasteiger partial charge on any atom is 0.170 e. The van der Waals surface area contributed by atoms with E-state index in [4.69, 9.17) is 9.47 Å². The van der Waals surface area contributed by atoms with Gasteiger partial charge in [0.2, 0.25) is 0 Å². The molecular weight excluding hydrogens is 298 g/mol. The van der Waals surface area contributed by atoms with Crippen molar-refractivity contribution in [1.82, 2.24) is 0 Å². The first kappa shape index (κ1) is 15.8. The fraction of sp³-hybridized carbons (Fsp3) is 0.0952. The number of methoxy groups -OCH3 is 1. The molecule has 0 radical (unpaired) electrons. The highest BCUT2D eigenvalue weighted by atomic mass is 16.5. The van der Waals surface area contributed by atoms with Gasteiger partial charge in [-0.2, -0.15) is 0 Å². The van der Waals surface area contributed by atoms with Crippen molar-refractivity contribution in [2.45, 2.75) is 6.61 Å². The predicted octanol–water partition coefficient (Wildman–Crippen LogP) is 5.02. The molecule has 0 aliphatic rings. The molecule has 0 spiro atoms. The van der Waals surface area contributed by atoms with Crippen molar-refractivity contribution in [1.29, 1.82) is 0 Å². The lowest BCUT2D eigenvalue weighted by Crippen LogP contribution is -2.00. The third-order valence-electron chi connectivity index (χ3n) is 3.56. The first-order valence-corrected chi connectivity index (χ1v) is 7.79. The van der Waals surface area contributed by atoms with Gasteiger partial charge in [0.1, 0.15) is 6.61 Å². The molecule has 0 fully saturated rings. The second kappa shape index (κ2) is 7.97. The van der Waals surface area contributed by atoms with Crippen molar-refractivity contribution in [3.63, 3.8) is 0 Å². The molecule has 0 N–H and O–H groups in total. The summed E-state index contributed by atoms with van der Waals surface area (Å²) in [6.45, 7) is 0.480. The summed E-state index contributed by atoms with van der Waals surface area (Å²) in [7, 11) is 1.64. The van der Waals surface area contributed by atoms with Crippen LogP contribution in [0.3, 0.4) is 0 Å². The van der Waals surface area contributed by atoms with E-state index in [0.29, 0.717) is 18.1 Å². The summed E-state index contributed by atoms with van der Waals surface area (Å²) < 4.78 is 11.5. The predicted molar refractivity (Wildman–Crippen MR) is 97.5 cm³/mol. The highest BCUT2D eigenvalue weighted by Gasteiger charge is 2.09. The minimum absolute atomic E-state index is 0.480. The number of benzene rings is 3. The Labute approximate surface area is 142 Å². The second-order valence-corrected chi connectivity index (χ2v) is 5.25. The summed E-state index contributed by atoms with van der Waals surface area (Å²) in [4.78, 5) is 4.51. The van der Waals surface area contributed by atoms with Crippen LogP contribution in [0, 0.1) is 0 Å². The maximum atomic E-state index is 6.02. The SMILES string of the molecule is COc1cccc(C=Nc2ccccc2)c1OCc1ccccc1. The Morgan fingerprint density at radius 2 is 1.54 bits per heavy atom. The zero-order valence-corrected chi connectivity index (χ0v) is 13.6. The first-order valence-electron chi connectivity index (χ1n) is 7.79. The molecule has 3 aromatic rings. The third-order valence-corrected chi connectivity index (χ3v) is 3.56. The lowest BCUT2D eigenvalue weighted by atomic mass is 10.2. The Morgan fingerprint density at radius 1 is 0.833 bits per heavy atom. The molecule has 3 nitrogen and oxygen atoms in total. The minimum Gasteiger partial charge on any atom is -0.493 e. The quantitative estimate of drug-likeness (QED) is 0.597. The van der Waals surface area contributed by atoms with Gasteiger partial charge < -0.3 is 9.47 Å². The van der Waals surface area contributed by atoms with Gasteiger partial charge in [-0.15, -0.1) is 0 Å². The molecule has 0 aliphatic heterocycles. The van der Waals surface area contributed by atoms with Crippen LogP contribution in [-0.4, -0.2) is 13.3 Å². The molecule has 0 unspecified atom stereocenters. The lowest BCUT2D eigenvalue weighted by Gasteiger charge is -2.13. The van der Waals surface area contributed by atoms with Gasteiger partial charge in [0.15, 0.2) is 11.5 Å². The van der Waals surface area contributed by atoms with E-state index in [1.54, 1.807) is 13.3 Å².